The molecule has 0 aliphatic heterocycles. The Kier molecular flexibility index (Phi) is 3.81. The van der Waals surface area contributed by atoms with Crippen molar-refractivity contribution in [2.45, 2.75) is 46.6 Å². The number of hydrogen-bond donors (Lipinski definition) is 1. The van der Waals surface area contributed by atoms with Crippen LogP contribution in [0.5, 0.6) is 0 Å². The van der Waals surface area contributed by atoms with Crippen molar-refractivity contribution in [1.82, 2.24) is 0 Å². The fourth-order valence-electron chi connectivity index (χ4n) is 0.901. The Morgan fingerprint density at radius 2 is 2.00 bits per heavy atom. The molecule has 0 amide bonds. The maximum Gasteiger partial charge on any atom is 0.0222 e. The van der Waals surface area contributed by atoms with E-state index in [1.807, 2.05) is 6.92 Å². The maximum absolute atomic E-state index is 5.70. The van der Waals surface area contributed by atoms with Gasteiger partial charge in [0.25, 0.3) is 0 Å². The highest BCUT2D eigenvalue weighted by Crippen LogP contribution is 2.28. The highest BCUT2D eigenvalue weighted by Gasteiger charge is 2.17. The minimum absolute atomic E-state index is 0.140. The Morgan fingerprint density at radius 1 is 1.55 bits per heavy atom. The van der Waals surface area contributed by atoms with Crippen molar-refractivity contribution in [3.63, 3.8) is 0 Å². The summed E-state index contributed by atoms with van der Waals surface area (Å²) in [4.78, 5) is 0. The number of rotatable bonds is 4. The summed E-state index contributed by atoms with van der Waals surface area (Å²) < 4.78 is 0. The fraction of sp³-hybridized carbons (Fsp3) is 0.800. The molecule has 0 aromatic heterocycles. The smallest absolute Gasteiger partial charge is 0.0222 e. The third-order valence-corrected chi connectivity index (χ3v) is 2.31. The molecule has 0 aromatic rings. The Hall–Kier alpha value is -0.300. The molecule has 0 aliphatic carbocycles. The minimum atomic E-state index is 0.140. The molecule has 66 valence electrons. The first kappa shape index (κ1) is 10.7. The summed E-state index contributed by atoms with van der Waals surface area (Å²) in [6, 6.07) is 0.140. The Labute approximate surface area is 70.7 Å². The fourth-order valence-corrected chi connectivity index (χ4v) is 0.901. The summed E-state index contributed by atoms with van der Waals surface area (Å²) in [6.45, 7) is 12.7. The van der Waals surface area contributed by atoms with Crippen LogP contribution in [0.15, 0.2) is 12.2 Å². The average molecular weight is 155 g/mol. The molecule has 0 fully saturated rings. The van der Waals surface area contributed by atoms with E-state index in [9.17, 15) is 0 Å². The van der Waals surface area contributed by atoms with Gasteiger partial charge in [-0.1, -0.05) is 39.3 Å². The van der Waals surface area contributed by atoms with Gasteiger partial charge in [0.2, 0.25) is 0 Å². The van der Waals surface area contributed by atoms with Crippen molar-refractivity contribution >= 4 is 0 Å². The van der Waals surface area contributed by atoms with E-state index in [1.54, 1.807) is 0 Å². The van der Waals surface area contributed by atoms with Crippen LogP contribution in [-0.4, -0.2) is 6.04 Å². The van der Waals surface area contributed by atoms with Gasteiger partial charge in [-0.3, -0.25) is 0 Å². The summed E-state index contributed by atoms with van der Waals surface area (Å²) in [5.41, 5.74) is 7.23. The summed E-state index contributed by atoms with van der Waals surface area (Å²) in [5, 5.41) is 0. The molecule has 2 N–H and O–H groups in total. The average Bonchev–Trinajstić information content (AvgIpc) is 1.87. The van der Waals surface area contributed by atoms with Gasteiger partial charge in [-0.2, -0.15) is 0 Å². The van der Waals surface area contributed by atoms with Crippen LogP contribution in [0.4, 0.5) is 0 Å². The van der Waals surface area contributed by atoms with E-state index in [2.05, 4.69) is 27.4 Å². The Balaban J connectivity index is 3.94. The molecular formula is C10H21N. The highest BCUT2D eigenvalue weighted by molar-refractivity contribution is 5.04. The summed E-state index contributed by atoms with van der Waals surface area (Å²) >= 11 is 0. The van der Waals surface area contributed by atoms with Crippen LogP contribution in [0.25, 0.3) is 0 Å². The molecule has 0 saturated carbocycles. The first-order valence-electron chi connectivity index (χ1n) is 4.32. The van der Waals surface area contributed by atoms with Crippen LogP contribution in [0, 0.1) is 5.41 Å². The van der Waals surface area contributed by atoms with Crippen LogP contribution in [0.1, 0.15) is 40.5 Å². The van der Waals surface area contributed by atoms with E-state index < -0.39 is 0 Å². The van der Waals surface area contributed by atoms with Crippen molar-refractivity contribution in [3.05, 3.63) is 12.2 Å². The monoisotopic (exact) mass is 155 g/mol. The predicted octanol–water partition coefficient (Wildman–Crippen LogP) is 2.72. The Morgan fingerprint density at radius 3 is 2.27 bits per heavy atom. The lowest BCUT2D eigenvalue weighted by atomic mass is 9.82. The zero-order valence-electron chi connectivity index (χ0n) is 8.28. The molecule has 1 atom stereocenters. The van der Waals surface area contributed by atoms with Gasteiger partial charge >= 0.3 is 0 Å². The molecule has 0 heterocycles. The third kappa shape index (κ3) is 4.20. The van der Waals surface area contributed by atoms with Gasteiger partial charge < -0.3 is 5.73 Å². The standard InChI is InChI=1S/C10H21N/c1-6-10(4,5)7-8(2)9(3)11/h9H,2,6-7,11H2,1,3-5H3. The molecular weight excluding hydrogens is 134 g/mol. The van der Waals surface area contributed by atoms with Crippen molar-refractivity contribution in [2.75, 3.05) is 0 Å². The van der Waals surface area contributed by atoms with Gasteiger partial charge in [0.05, 0.1) is 0 Å². The van der Waals surface area contributed by atoms with E-state index >= 15 is 0 Å². The SMILES string of the molecule is C=C(CC(C)(C)CC)C(C)N. The minimum Gasteiger partial charge on any atom is -0.324 e. The van der Waals surface area contributed by atoms with E-state index in [0.717, 1.165) is 12.0 Å². The van der Waals surface area contributed by atoms with Gasteiger partial charge in [-0.15, -0.1) is 0 Å². The van der Waals surface area contributed by atoms with Gasteiger partial charge in [0, 0.05) is 6.04 Å². The van der Waals surface area contributed by atoms with Crippen molar-refractivity contribution in [1.29, 1.82) is 0 Å². The van der Waals surface area contributed by atoms with E-state index in [4.69, 9.17) is 5.73 Å². The van der Waals surface area contributed by atoms with E-state index in [1.165, 1.54) is 6.42 Å². The largest absolute Gasteiger partial charge is 0.324 e. The van der Waals surface area contributed by atoms with Crippen LogP contribution in [-0.2, 0) is 0 Å². The zero-order chi connectivity index (χ0) is 9.07. The van der Waals surface area contributed by atoms with E-state index in [-0.39, 0.29) is 6.04 Å². The predicted molar refractivity (Wildman–Crippen MR) is 51.5 cm³/mol. The summed E-state index contributed by atoms with van der Waals surface area (Å²) in [6.07, 6.45) is 2.22. The second-order valence-corrected chi connectivity index (χ2v) is 4.14. The van der Waals surface area contributed by atoms with Crippen molar-refractivity contribution < 1.29 is 0 Å². The van der Waals surface area contributed by atoms with Crippen LogP contribution in [0.3, 0.4) is 0 Å². The highest BCUT2D eigenvalue weighted by atomic mass is 14.6. The van der Waals surface area contributed by atoms with Gasteiger partial charge in [-0.05, 0) is 18.8 Å². The zero-order valence-corrected chi connectivity index (χ0v) is 8.28. The second-order valence-electron chi connectivity index (χ2n) is 4.14. The molecule has 0 saturated heterocycles. The molecule has 0 bridgehead atoms. The quantitative estimate of drug-likeness (QED) is 0.621. The molecule has 1 heteroatoms. The molecule has 0 rings (SSSR count). The van der Waals surface area contributed by atoms with Gasteiger partial charge in [0.1, 0.15) is 0 Å². The lowest BCUT2D eigenvalue weighted by Crippen LogP contribution is -2.22. The summed E-state index contributed by atoms with van der Waals surface area (Å²) in [5.74, 6) is 0. The Bertz CT molecular complexity index is 134. The topological polar surface area (TPSA) is 26.0 Å². The molecule has 11 heavy (non-hydrogen) atoms. The molecule has 0 aromatic carbocycles. The molecule has 1 nitrogen and oxygen atoms in total. The normalized spacial score (nSPS) is 14.6. The van der Waals surface area contributed by atoms with Crippen LogP contribution in [0.2, 0.25) is 0 Å². The van der Waals surface area contributed by atoms with Gasteiger partial charge in [0.15, 0.2) is 0 Å². The molecule has 1 unspecified atom stereocenters. The molecule has 0 aliphatic rings. The van der Waals surface area contributed by atoms with E-state index in [0.29, 0.717) is 5.41 Å². The van der Waals surface area contributed by atoms with Gasteiger partial charge in [-0.25, -0.2) is 0 Å². The maximum atomic E-state index is 5.70. The molecule has 0 radical (unpaired) electrons. The number of hydrogen-bond acceptors (Lipinski definition) is 1. The van der Waals surface area contributed by atoms with Crippen molar-refractivity contribution in [2.24, 2.45) is 11.1 Å². The van der Waals surface area contributed by atoms with Crippen molar-refractivity contribution in [3.8, 4) is 0 Å². The first-order valence-corrected chi connectivity index (χ1v) is 4.32. The first-order chi connectivity index (χ1) is 4.89. The second kappa shape index (κ2) is 3.91. The summed E-state index contributed by atoms with van der Waals surface area (Å²) in [7, 11) is 0. The number of nitrogens with two attached hydrogens (primary N) is 1. The van der Waals surface area contributed by atoms with Crippen LogP contribution >= 0.6 is 0 Å². The van der Waals surface area contributed by atoms with Crippen LogP contribution < -0.4 is 5.73 Å². The molecule has 0 spiro atoms. The lowest BCUT2D eigenvalue weighted by molar-refractivity contribution is 0.342. The third-order valence-electron chi connectivity index (χ3n) is 2.31. The lowest BCUT2D eigenvalue weighted by Gasteiger charge is -2.25.